The molecule has 0 saturated carbocycles. The van der Waals surface area contributed by atoms with Crippen molar-refractivity contribution >= 4 is 17.5 Å². The summed E-state index contributed by atoms with van der Waals surface area (Å²) in [5.41, 5.74) is 1.07. The van der Waals surface area contributed by atoms with Crippen LogP contribution in [0, 0.1) is 0 Å². The third kappa shape index (κ3) is 3.21. The first-order chi connectivity index (χ1) is 6.36. The number of hydrogen-bond donors (Lipinski definition) is 1. The molecule has 0 spiro atoms. The van der Waals surface area contributed by atoms with Crippen LogP contribution in [-0.4, -0.2) is 15.3 Å². The molecular formula is C9H11N3S. The minimum atomic E-state index is 0.695. The van der Waals surface area contributed by atoms with Gasteiger partial charge in [0, 0.05) is 6.54 Å². The second kappa shape index (κ2) is 5.27. The molecule has 68 valence electrons. The Labute approximate surface area is 81.8 Å². The number of nitrogens with zero attached hydrogens (tertiary/aromatic N) is 2. The van der Waals surface area contributed by atoms with Crippen LogP contribution in [-0.2, 0) is 0 Å². The summed E-state index contributed by atoms with van der Waals surface area (Å²) < 4.78 is 7.89. The van der Waals surface area contributed by atoms with E-state index in [0.717, 1.165) is 11.4 Å². The summed E-state index contributed by atoms with van der Waals surface area (Å²) in [5, 5.41) is 3.11. The van der Waals surface area contributed by atoms with Gasteiger partial charge in [-0.05, 0) is 5.57 Å². The highest BCUT2D eigenvalue weighted by Crippen LogP contribution is 2.03. The van der Waals surface area contributed by atoms with E-state index in [0.29, 0.717) is 6.54 Å². The van der Waals surface area contributed by atoms with Gasteiger partial charge in [0.2, 0.25) is 0 Å². The van der Waals surface area contributed by atoms with E-state index in [1.165, 1.54) is 11.7 Å². The Hall–Kier alpha value is -1.42. The van der Waals surface area contributed by atoms with Crippen LogP contribution in [0.1, 0.15) is 0 Å². The van der Waals surface area contributed by atoms with Crippen molar-refractivity contribution in [2.75, 3.05) is 11.9 Å². The van der Waals surface area contributed by atoms with Crippen LogP contribution >= 0.6 is 11.7 Å². The molecule has 0 bridgehead atoms. The average Bonchev–Trinajstić information content (AvgIpc) is 2.64. The molecule has 0 aliphatic carbocycles. The predicted molar refractivity (Wildman–Crippen MR) is 56.9 cm³/mol. The topological polar surface area (TPSA) is 37.8 Å². The summed E-state index contributed by atoms with van der Waals surface area (Å²) in [5.74, 6) is 0.793. The maximum atomic E-state index is 4.01. The Balaban J connectivity index is 2.45. The molecule has 3 nitrogen and oxygen atoms in total. The van der Waals surface area contributed by atoms with Crippen molar-refractivity contribution in [1.82, 2.24) is 8.75 Å². The lowest BCUT2D eigenvalue weighted by atomic mass is 10.2. The zero-order chi connectivity index (χ0) is 9.52. The van der Waals surface area contributed by atoms with Crippen LogP contribution in [0.5, 0.6) is 0 Å². The lowest BCUT2D eigenvalue weighted by Crippen LogP contribution is -2.02. The fraction of sp³-hybridized carbons (Fsp3) is 0.111. The zero-order valence-electron chi connectivity index (χ0n) is 7.23. The van der Waals surface area contributed by atoms with Crippen LogP contribution < -0.4 is 5.32 Å². The van der Waals surface area contributed by atoms with Crippen molar-refractivity contribution in [3.63, 3.8) is 0 Å². The molecule has 0 radical (unpaired) electrons. The number of nitrogens with one attached hydrogen (secondary N) is 1. The molecule has 0 unspecified atom stereocenters. The molecule has 0 amide bonds. The number of allylic oxidation sites excluding steroid dienone is 2. The summed E-state index contributed by atoms with van der Waals surface area (Å²) in [6, 6.07) is 0. The van der Waals surface area contributed by atoms with E-state index in [4.69, 9.17) is 0 Å². The molecule has 0 fully saturated rings. The van der Waals surface area contributed by atoms with Crippen LogP contribution in [0.4, 0.5) is 5.82 Å². The molecule has 13 heavy (non-hydrogen) atoms. The first-order valence-corrected chi connectivity index (χ1v) is 4.55. The van der Waals surface area contributed by atoms with Gasteiger partial charge < -0.3 is 5.32 Å². The highest BCUT2D eigenvalue weighted by molar-refractivity contribution is 6.99. The van der Waals surface area contributed by atoms with E-state index < -0.39 is 0 Å². The van der Waals surface area contributed by atoms with E-state index in [1.54, 1.807) is 18.3 Å². The standard InChI is InChI=1S/C9H11N3S/c1-3-5-8(4-2)6-10-9-7-11-13-12-9/h3-5,7H,1-2,6H2,(H,10,12)/b8-5+. The zero-order valence-corrected chi connectivity index (χ0v) is 8.05. The Morgan fingerprint density at radius 2 is 2.46 bits per heavy atom. The van der Waals surface area contributed by atoms with Crippen molar-refractivity contribution in [2.45, 2.75) is 0 Å². The molecule has 0 aromatic carbocycles. The first kappa shape index (κ1) is 9.67. The fourth-order valence-corrected chi connectivity index (χ4v) is 1.18. The lowest BCUT2D eigenvalue weighted by Gasteiger charge is -2.01. The summed E-state index contributed by atoms with van der Waals surface area (Å²) in [6.45, 7) is 8.00. The number of anilines is 1. The van der Waals surface area contributed by atoms with Gasteiger partial charge in [-0.3, -0.25) is 0 Å². The number of aromatic nitrogens is 2. The van der Waals surface area contributed by atoms with E-state index in [-0.39, 0.29) is 0 Å². The molecule has 0 aliphatic rings. The molecule has 1 aromatic rings. The SMILES string of the molecule is C=C/C=C(\C=C)CNc1cnsn1. The molecule has 0 saturated heterocycles. The van der Waals surface area contributed by atoms with Crippen LogP contribution in [0.2, 0.25) is 0 Å². The van der Waals surface area contributed by atoms with Crippen molar-refractivity contribution in [3.05, 3.63) is 43.2 Å². The van der Waals surface area contributed by atoms with E-state index in [2.05, 4.69) is 27.2 Å². The van der Waals surface area contributed by atoms with Gasteiger partial charge in [-0.15, -0.1) is 0 Å². The molecule has 1 rings (SSSR count). The predicted octanol–water partition coefficient (Wildman–Crippen LogP) is 2.25. The fourth-order valence-electron chi connectivity index (χ4n) is 0.786. The largest absolute Gasteiger partial charge is 0.364 e. The molecule has 1 N–H and O–H groups in total. The van der Waals surface area contributed by atoms with Gasteiger partial charge in [0.15, 0.2) is 5.82 Å². The minimum Gasteiger partial charge on any atom is -0.364 e. The normalized spacial score (nSPS) is 10.9. The van der Waals surface area contributed by atoms with Gasteiger partial charge in [0.05, 0.1) is 17.9 Å². The Morgan fingerprint density at radius 1 is 1.62 bits per heavy atom. The highest BCUT2D eigenvalue weighted by atomic mass is 32.1. The van der Waals surface area contributed by atoms with Gasteiger partial charge in [-0.1, -0.05) is 31.4 Å². The van der Waals surface area contributed by atoms with Crippen LogP contribution in [0.15, 0.2) is 43.2 Å². The summed E-state index contributed by atoms with van der Waals surface area (Å²) in [6.07, 6.45) is 7.12. The van der Waals surface area contributed by atoms with Crippen LogP contribution in [0.3, 0.4) is 0 Å². The molecule has 4 heteroatoms. The van der Waals surface area contributed by atoms with Gasteiger partial charge in [-0.2, -0.15) is 8.75 Å². The van der Waals surface area contributed by atoms with Gasteiger partial charge in [0.1, 0.15) is 0 Å². The lowest BCUT2D eigenvalue weighted by molar-refractivity contribution is 1.23. The molecule has 1 heterocycles. The first-order valence-electron chi connectivity index (χ1n) is 3.82. The highest BCUT2D eigenvalue weighted by Gasteiger charge is 1.94. The quantitative estimate of drug-likeness (QED) is 0.729. The maximum Gasteiger partial charge on any atom is 0.160 e. The average molecular weight is 193 g/mol. The summed E-state index contributed by atoms with van der Waals surface area (Å²) >= 11 is 1.18. The number of rotatable bonds is 5. The minimum absolute atomic E-state index is 0.695. The molecular weight excluding hydrogens is 182 g/mol. The van der Waals surface area contributed by atoms with Gasteiger partial charge >= 0.3 is 0 Å². The van der Waals surface area contributed by atoms with Crippen molar-refractivity contribution in [3.8, 4) is 0 Å². The third-order valence-electron chi connectivity index (χ3n) is 1.43. The molecule has 0 aliphatic heterocycles. The maximum absolute atomic E-state index is 4.01. The summed E-state index contributed by atoms with van der Waals surface area (Å²) in [4.78, 5) is 0. The van der Waals surface area contributed by atoms with Crippen molar-refractivity contribution in [2.24, 2.45) is 0 Å². The summed E-state index contributed by atoms with van der Waals surface area (Å²) in [7, 11) is 0. The van der Waals surface area contributed by atoms with Crippen molar-refractivity contribution < 1.29 is 0 Å². The Kier molecular flexibility index (Phi) is 3.92. The Bertz CT molecular complexity index is 301. The monoisotopic (exact) mass is 193 g/mol. The Morgan fingerprint density at radius 3 is 3.00 bits per heavy atom. The van der Waals surface area contributed by atoms with E-state index in [9.17, 15) is 0 Å². The van der Waals surface area contributed by atoms with Crippen molar-refractivity contribution in [1.29, 1.82) is 0 Å². The number of hydrogen-bond acceptors (Lipinski definition) is 4. The molecule has 0 atom stereocenters. The second-order valence-electron chi connectivity index (χ2n) is 2.33. The smallest absolute Gasteiger partial charge is 0.160 e. The second-order valence-corrected chi connectivity index (χ2v) is 2.88. The van der Waals surface area contributed by atoms with Gasteiger partial charge in [-0.25, -0.2) is 0 Å². The van der Waals surface area contributed by atoms with Gasteiger partial charge in [0.25, 0.3) is 0 Å². The van der Waals surface area contributed by atoms with E-state index in [1.807, 2.05) is 6.08 Å². The molecule has 1 aromatic heterocycles. The van der Waals surface area contributed by atoms with E-state index >= 15 is 0 Å². The van der Waals surface area contributed by atoms with Crippen LogP contribution in [0.25, 0.3) is 0 Å². The third-order valence-corrected chi connectivity index (χ3v) is 1.91.